The molecule has 3 unspecified atom stereocenters. The Kier molecular flexibility index (Phi) is 5.57. The van der Waals surface area contributed by atoms with Gasteiger partial charge in [0.15, 0.2) is 12.5 Å². The van der Waals surface area contributed by atoms with E-state index in [2.05, 4.69) is 44.5 Å². The molecule has 3 atom stereocenters. The smallest absolute Gasteiger partial charge is 0.251 e. The fraction of sp³-hybridized carbons (Fsp3) is 0.364. The predicted molar refractivity (Wildman–Crippen MR) is 110 cm³/mol. The van der Waals surface area contributed by atoms with E-state index in [-0.39, 0.29) is 23.7 Å². The fourth-order valence-electron chi connectivity index (χ4n) is 2.96. The molecule has 0 radical (unpaired) electrons. The minimum atomic E-state index is -0.156. The Balaban J connectivity index is 1.57. The van der Waals surface area contributed by atoms with Crippen LogP contribution in [0.3, 0.4) is 0 Å². The van der Waals surface area contributed by atoms with Crippen molar-refractivity contribution in [1.29, 1.82) is 5.26 Å². The van der Waals surface area contributed by atoms with Crippen molar-refractivity contribution in [3.63, 3.8) is 0 Å². The van der Waals surface area contributed by atoms with E-state index >= 15 is 0 Å². The Labute approximate surface area is 166 Å². The fourth-order valence-corrected chi connectivity index (χ4v) is 2.96. The minimum Gasteiger partial charge on any atom is -0.350 e. The first kappa shape index (κ1) is 19.7. The van der Waals surface area contributed by atoms with Crippen LogP contribution >= 0.6 is 0 Å². The highest BCUT2D eigenvalue weighted by atomic mass is 16.1. The van der Waals surface area contributed by atoms with Gasteiger partial charge in [-0.05, 0) is 42.2 Å². The Morgan fingerprint density at radius 3 is 2.36 bits per heavy atom. The number of nitrogens with zero attached hydrogens (tertiary/aromatic N) is 3. The summed E-state index contributed by atoms with van der Waals surface area (Å²) < 4.78 is 0. The Hall–Kier alpha value is -3.04. The van der Waals surface area contributed by atoms with Gasteiger partial charge in [-0.2, -0.15) is 15.3 Å². The van der Waals surface area contributed by atoms with Gasteiger partial charge >= 0.3 is 0 Å². The molecule has 0 bridgehead atoms. The number of carbonyl (C=O) groups excluding carboxylic acids is 1. The van der Waals surface area contributed by atoms with Crippen LogP contribution in [0.15, 0.2) is 54.6 Å². The molecular formula is C22H27N5O. The van der Waals surface area contributed by atoms with E-state index in [1.165, 1.54) is 0 Å². The first-order valence-corrected chi connectivity index (χ1v) is 9.47. The van der Waals surface area contributed by atoms with Gasteiger partial charge in [-0.25, -0.2) is 0 Å². The van der Waals surface area contributed by atoms with Crippen LogP contribution in [0.5, 0.6) is 0 Å². The summed E-state index contributed by atoms with van der Waals surface area (Å²) in [6.07, 6.45) is 2.05. The number of hydrazine groups is 1. The molecule has 2 N–H and O–H groups in total. The second-order valence-corrected chi connectivity index (χ2v) is 8.13. The van der Waals surface area contributed by atoms with Crippen LogP contribution < -0.4 is 10.6 Å². The van der Waals surface area contributed by atoms with Gasteiger partial charge in [-0.1, -0.05) is 51.1 Å². The number of benzene rings is 2. The molecule has 6 heteroatoms. The first-order valence-electron chi connectivity index (χ1n) is 9.47. The highest BCUT2D eigenvalue weighted by molar-refractivity contribution is 5.94. The van der Waals surface area contributed by atoms with Crippen LogP contribution in [-0.4, -0.2) is 28.3 Å². The molecule has 3 rings (SSSR count). The van der Waals surface area contributed by atoms with Gasteiger partial charge in [0.2, 0.25) is 0 Å². The largest absolute Gasteiger partial charge is 0.350 e. The molecule has 2 aromatic carbocycles. The topological polar surface area (TPSA) is 70.9 Å². The lowest BCUT2D eigenvalue weighted by molar-refractivity contribution is 0.0951. The van der Waals surface area contributed by atoms with Crippen molar-refractivity contribution in [3.05, 3.63) is 65.7 Å². The summed E-state index contributed by atoms with van der Waals surface area (Å²) in [4.78, 5) is 12.3. The van der Waals surface area contributed by atoms with Gasteiger partial charge in [0.05, 0.1) is 0 Å². The van der Waals surface area contributed by atoms with Crippen molar-refractivity contribution < 1.29 is 4.79 Å². The van der Waals surface area contributed by atoms with Gasteiger partial charge in [-0.15, -0.1) is 0 Å². The molecule has 0 aromatic heterocycles. The maximum atomic E-state index is 12.3. The van der Waals surface area contributed by atoms with Crippen LogP contribution in [-0.2, 0) is 6.54 Å². The molecule has 1 saturated heterocycles. The third kappa shape index (κ3) is 4.44. The monoisotopic (exact) mass is 377 g/mol. The molecule has 1 heterocycles. The number of amides is 1. The number of carbonyl (C=O) groups is 1. The molecular weight excluding hydrogens is 350 g/mol. The molecule has 1 fully saturated rings. The summed E-state index contributed by atoms with van der Waals surface area (Å²) in [6, 6.07) is 17.3. The highest BCUT2D eigenvalue weighted by Crippen LogP contribution is 2.36. The number of hydrogen-bond acceptors (Lipinski definition) is 5. The molecule has 1 amide bonds. The lowest BCUT2D eigenvalue weighted by Gasteiger charge is -2.27. The van der Waals surface area contributed by atoms with E-state index in [1.54, 1.807) is 17.1 Å². The van der Waals surface area contributed by atoms with Crippen LogP contribution in [0, 0.1) is 16.9 Å². The maximum Gasteiger partial charge on any atom is 0.251 e. The zero-order valence-corrected chi connectivity index (χ0v) is 16.8. The summed E-state index contributed by atoms with van der Waals surface area (Å²) in [5.41, 5.74) is 2.60. The van der Waals surface area contributed by atoms with Crippen LogP contribution in [0.25, 0.3) is 0 Å². The number of nitriles is 1. The average molecular weight is 377 g/mol. The summed E-state index contributed by atoms with van der Waals surface area (Å²) in [6.45, 7) is 9.09. The lowest BCUT2D eigenvalue weighted by atomic mass is 9.88. The summed E-state index contributed by atoms with van der Waals surface area (Å²) in [5.74, 6) is -0.108. The number of hydrogen-bond donors (Lipinski definition) is 2. The number of rotatable bonds is 6. The van der Waals surface area contributed by atoms with Crippen molar-refractivity contribution in [2.45, 2.75) is 46.6 Å². The molecule has 2 aromatic rings. The molecule has 1 aliphatic heterocycles. The number of nitrogens with one attached hydrogen (secondary N) is 2. The summed E-state index contributed by atoms with van der Waals surface area (Å²) in [5, 5.41) is 19.3. The van der Waals surface area contributed by atoms with E-state index in [4.69, 9.17) is 0 Å². The first-order chi connectivity index (χ1) is 13.3. The van der Waals surface area contributed by atoms with E-state index in [0.29, 0.717) is 12.1 Å². The highest BCUT2D eigenvalue weighted by Gasteiger charge is 2.51. The second kappa shape index (κ2) is 7.91. The summed E-state index contributed by atoms with van der Waals surface area (Å²) in [7, 11) is 0. The maximum absolute atomic E-state index is 12.3. The van der Waals surface area contributed by atoms with Crippen molar-refractivity contribution in [3.8, 4) is 6.19 Å². The van der Waals surface area contributed by atoms with Gasteiger partial charge in [0, 0.05) is 23.8 Å². The van der Waals surface area contributed by atoms with E-state index < -0.39 is 0 Å². The Morgan fingerprint density at radius 1 is 1.14 bits per heavy atom. The zero-order chi connectivity index (χ0) is 20.3. The van der Waals surface area contributed by atoms with Gasteiger partial charge in [-0.3, -0.25) is 4.79 Å². The predicted octanol–water partition coefficient (Wildman–Crippen LogP) is 3.76. The molecule has 28 heavy (non-hydrogen) atoms. The van der Waals surface area contributed by atoms with E-state index in [0.717, 1.165) is 11.3 Å². The standard InChI is InChI=1S/C22H27N5O/c1-16(22(2,3)4)27-21(26(27)15-23)25-19-12-10-18(11-13-19)20(28)24-14-17-8-6-5-7-9-17/h5-13,16,21,25H,14H2,1-4H3,(H,24,28). The van der Waals surface area contributed by atoms with Gasteiger partial charge in [0.1, 0.15) is 0 Å². The Morgan fingerprint density at radius 2 is 1.79 bits per heavy atom. The Bertz CT molecular complexity index is 851. The van der Waals surface area contributed by atoms with Crippen LogP contribution in [0.2, 0.25) is 0 Å². The van der Waals surface area contributed by atoms with Crippen LogP contribution in [0.1, 0.15) is 43.6 Å². The van der Waals surface area contributed by atoms with Gasteiger partial charge < -0.3 is 10.6 Å². The lowest BCUT2D eigenvalue weighted by Crippen LogP contribution is -2.33. The van der Waals surface area contributed by atoms with Crippen molar-refractivity contribution in [2.75, 3.05) is 5.32 Å². The van der Waals surface area contributed by atoms with E-state index in [1.807, 2.05) is 47.5 Å². The third-order valence-corrected chi connectivity index (χ3v) is 5.17. The molecule has 146 valence electrons. The normalized spacial score (nSPS) is 19.5. The SMILES string of the molecule is CC(N1C(Nc2ccc(C(=O)NCc3ccccc3)cc2)N1C#N)C(C)(C)C. The minimum absolute atomic E-state index is 0.0617. The summed E-state index contributed by atoms with van der Waals surface area (Å²) >= 11 is 0. The quantitative estimate of drug-likeness (QED) is 0.592. The average Bonchev–Trinajstić information content (AvgIpc) is 3.38. The van der Waals surface area contributed by atoms with Crippen LogP contribution in [0.4, 0.5) is 5.69 Å². The molecule has 0 aliphatic carbocycles. The third-order valence-electron chi connectivity index (χ3n) is 5.17. The van der Waals surface area contributed by atoms with E-state index in [9.17, 15) is 10.1 Å². The molecule has 1 aliphatic rings. The number of anilines is 1. The molecule has 0 spiro atoms. The van der Waals surface area contributed by atoms with Crippen molar-refractivity contribution >= 4 is 11.6 Å². The second-order valence-electron chi connectivity index (χ2n) is 8.13. The van der Waals surface area contributed by atoms with Crippen molar-refractivity contribution in [2.24, 2.45) is 5.41 Å². The molecule has 0 saturated carbocycles. The molecule has 6 nitrogen and oxygen atoms in total. The zero-order valence-electron chi connectivity index (χ0n) is 16.8. The van der Waals surface area contributed by atoms with Crippen molar-refractivity contribution in [1.82, 2.24) is 15.3 Å². The van der Waals surface area contributed by atoms with Gasteiger partial charge in [0.25, 0.3) is 5.91 Å².